The molecule has 3 saturated carbocycles. The van der Waals surface area contributed by atoms with Gasteiger partial charge >= 0.3 is 0 Å². The van der Waals surface area contributed by atoms with Crippen molar-refractivity contribution in [1.29, 1.82) is 0 Å². The van der Waals surface area contributed by atoms with E-state index in [1.807, 2.05) is 13.1 Å². The van der Waals surface area contributed by atoms with E-state index in [0.29, 0.717) is 17.8 Å². The van der Waals surface area contributed by atoms with Gasteiger partial charge in [-0.05, 0) is 68.2 Å². The molecule has 0 unspecified atom stereocenters. The predicted molar refractivity (Wildman–Crippen MR) is 152 cm³/mol. The average Bonchev–Trinajstić information content (AvgIpc) is 2.91. The Kier molecular flexibility index (Phi) is 7.26. The third-order valence-corrected chi connectivity index (χ3v) is 9.64. The monoisotopic (exact) mass is 521 g/mol. The van der Waals surface area contributed by atoms with E-state index in [1.54, 1.807) is 7.05 Å². The molecule has 1 aliphatic heterocycles. The third kappa shape index (κ3) is 4.82. The Bertz CT molecular complexity index is 1150. The Morgan fingerprint density at radius 3 is 2.45 bits per heavy atom. The minimum absolute atomic E-state index is 0.102. The molecular weight excluding hydrogens is 478 g/mol. The minimum Gasteiger partial charge on any atom is -0.395 e. The van der Waals surface area contributed by atoms with Gasteiger partial charge in [-0.3, -0.25) is 9.69 Å². The molecule has 2 heterocycles. The van der Waals surface area contributed by atoms with E-state index in [4.69, 9.17) is 10.1 Å². The van der Waals surface area contributed by atoms with Crippen LogP contribution in [-0.2, 0) is 4.79 Å². The number of hydrogen-bond acceptors (Lipinski definition) is 8. The van der Waals surface area contributed by atoms with Crippen LogP contribution in [0, 0.1) is 30.1 Å². The van der Waals surface area contributed by atoms with E-state index in [0.717, 1.165) is 62.6 Å². The maximum absolute atomic E-state index is 12.9. The highest BCUT2D eigenvalue weighted by atomic mass is 16.3. The number of rotatable bonds is 8. The molecule has 2 bridgehead atoms. The van der Waals surface area contributed by atoms with Gasteiger partial charge in [0.25, 0.3) is 0 Å². The zero-order valence-corrected chi connectivity index (χ0v) is 23.4. The second-order valence-electron chi connectivity index (χ2n) is 12.1. The predicted octanol–water partition coefficient (Wildman–Crippen LogP) is 3.24. The summed E-state index contributed by atoms with van der Waals surface area (Å²) in [5.74, 6) is 2.28. The van der Waals surface area contributed by atoms with Crippen LogP contribution in [0.5, 0.6) is 0 Å². The smallest absolute Gasteiger partial charge is 0.229 e. The number of aliphatic hydroxyl groups is 1. The summed E-state index contributed by atoms with van der Waals surface area (Å²) in [6.45, 7) is 13.7. The van der Waals surface area contributed by atoms with E-state index in [9.17, 15) is 4.79 Å². The number of anilines is 4. The van der Waals surface area contributed by atoms with E-state index < -0.39 is 5.54 Å². The molecule has 9 nitrogen and oxygen atoms in total. The van der Waals surface area contributed by atoms with Crippen molar-refractivity contribution in [3.8, 4) is 0 Å². The minimum atomic E-state index is -0.391. The van der Waals surface area contributed by atoms with Crippen LogP contribution in [0.1, 0.15) is 39.2 Å². The first-order valence-electron chi connectivity index (χ1n) is 13.9. The summed E-state index contributed by atoms with van der Waals surface area (Å²) in [4.78, 5) is 27.0. The van der Waals surface area contributed by atoms with Crippen molar-refractivity contribution in [2.24, 2.45) is 23.2 Å². The number of piperazine rings is 1. The van der Waals surface area contributed by atoms with Gasteiger partial charge in [-0.2, -0.15) is 4.98 Å². The summed E-state index contributed by atoms with van der Waals surface area (Å²) >= 11 is 0. The number of carbonyl (C=O) groups is 1. The number of aryl methyl sites for hydroxylation is 1. The fourth-order valence-electron chi connectivity index (χ4n) is 7.07. The van der Waals surface area contributed by atoms with Crippen molar-refractivity contribution in [3.05, 3.63) is 36.0 Å². The quantitative estimate of drug-likeness (QED) is 0.420. The first-order chi connectivity index (χ1) is 18.2. The first-order valence-corrected chi connectivity index (χ1v) is 13.9. The van der Waals surface area contributed by atoms with Gasteiger partial charge in [0.15, 0.2) is 0 Å². The Morgan fingerprint density at radius 2 is 1.82 bits per heavy atom. The lowest BCUT2D eigenvalue weighted by Gasteiger charge is -2.66. The number of aromatic nitrogens is 2. The summed E-state index contributed by atoms with van der Waals surface area (Å²) in [7, 11) is 1.73. The van der Waals surface area contributed by atoms with Crippen molar-refractivity contribution in [3.63, 3.8) is 0 Å². The molecule has 3 aliphatic carbocycles. The fraction of sp³-hybridized carbons (Fsp3) is 0.621. The molecule has 4 aliphatic rings. The Balaban J connectivity index is 1.29. The molecule has 0 radical (unpaired) electrons. The summed E-state index contributed by atoms with van der Waals surface area (Å²) in [5.41, 5.74) is 2.89. The van der Waals surface area contributed by atoms with Crippen molar-refractivity contribution < 1.29 is 9.90 Å². The first kappa shape index (κ1) is 26.7. The van der Waals surface area contributed by atoms with Crippen LogP contribution >= 0.6 is 0 Å². The van der Waals surface area contributed by atoms with Gasteiger partial charge in [-0.25, -0.2) is 4.98 Å². The lowest BCUT2D eigenvalue weighted by atomic mass is 9.40. The molecule has 2 aromatic rings. The molecule has 6 rings (SSSR count). The van der Waals surface area contributed by atoms with Crippen LogP contribution in [0.15, 0.2) is 30.5 Å². The molecule has 4 fully saturated rings. The number of nitrogens with one attached hydrogen (secondary N) is 3. The Labute approximate surface area is 226 Å². The second-order valence-corrected chi connectivity index (χ2v) is 12.1. The van der Waals surface area contributed by atoms with Crippen LogP contribution < -0.4 is 20.9 Å². The van der Waals surface area contributed by atoms with Crippen molar-refractivity contribution in [1.82, 2.24) is 20.2 Å². The van der Waals surface area contributed by atoms with Gasteiger partial charge in [0.05, 0.1) is 18.1 Å². The number of fused-ring (bicyclic) bond motifs is 2. The van der Waals surface area contributed by atoms with Crippen molar-refractivity contribution >= 4 is 29.0 Å². The molecule has 0 spiro atoms. The SMILES string of the molecule is CNC(=O)[C@H]1C[C@@H]2C[C@H](C2(C)C)[C@@]1(C)Nc1nc(Nc2ccc(N3CCN(CCO)CC3)cc2)ncc1C. The molecule has 1 aromatic carbocycles. The third-order valence-electron chi connectivity index (χ3n) is 9.64. The van der Waals surface area contributed by atoms with Crippen LogP contribution in [-0.4, -0.2) is 77.8 Å². The number of benzene rings is 1. The van der Waals surface area contributed by atoms with Gasteiger partial charge in [0.1, 0.15) is 5.82 Å². The number of hydrogen-bond donors (Lipinski definition) is 4. The highest BCUT2D eigenvalue weighted by Crippen LogP contribution is 2.65. The van der Waals surface area contributed by atoms with Crippen LogP contribution in [0.3, 0.4) is 0 Å². The summed E-state index contributed by atoms with van der Waals surface area (Å²) in [6, 6.07) is 8.38. The van der Waals surface area contributed by atoms with E-state index in [-0.39, 0.29) is 23.8 Å². The molecule has 1 saturated heterocycles. The van der Waals surface area contributed by atoms with Gasteiger partial charge in [-0.1, -0.05) is 13.8 Å². The number of β-amino-alcohol motifs (C(OH)–C–C–N with tert-alkyl or cyclic N) is 1. The summed E-state index contributed by atoms with van der Waals surface area (Å²) in [6.07, 6.45) is 3.88. The normalized spacial score (nSPS) is 28.4. The second kappa shape index (κ2) is 10.3. The van der Waals surface area contributed by atoms with Gasteiger partial charge in [0, 0.05) is 62.9 Å². The van der Waals surface area contributed by atoms with Crippen molar-refractivity contribution in [2.75, 3.05) is 61.9 Å². The zero-order chi connectivity index (χ0) is 27.1. The maximum Gasteiger partial charge on any atom is 0.229 e. The molecule has 1 amide bonds. The van der Waals surface area contributed by atoms with Gasteiger partial charge in [-0.15, -0.1) is 0 Å². The lowest BCUT2D eigenvalue weighted by Crippen LogP contribution is -2.69. The molecule has 1 aromatic heterocycles. The number of nitrogens with zero attached hydrogens (tertiary/aromatic N) is 4. The van der Waals surface area contributed by atoms with E-state index in [2.05, 4.69) is 75.8 Å². The fourth-order valence-corrected chi connectivity index (χ4v) is 7.07. The maximum atomic E-state index is 12.9. The molecule has 4 N–H and O–H groups in total. The summed E-state index contributed by atoms with van der Waals surface area (Å²) in [5, 5.41) is 19.2. The molecule has 4 atom stereocenters. The number of amides is 1. The van der Waals surface area contributed by atoms with E-state index in [1.165, 1.54) is 5.69 Å². The van der Waals surface area contributed by atoms with Gasteiger partial charge in [0.2, 0.25) is 11.9 Å². The lowest BCUT2D eigenvalue weighted by molar-refractivity contribution is -0.155. The molecule has 206 valence electrons. The van der Waals surface area contributed by atoms with E-state index >= 15 is 0 Å². The summed E-state index contributed by atoms with van der Waals surface area (Å²) < 4.78 is 0. The highest BCUT2D eigenvalue weighted by Gasteiger charge is 2.64. The van der Waals surface area contributed by atoms with Crippen molar-refractivity contribution in [2.45, 2.75) is 46.1 Å². The average molecular weight is 522 g/mol. The van der Waals surface area contributed by atoms with Crippen LogP contribution in [0.2, 0.25) is 0 Å². The topological polar surface area (TPSA) is 106 Å². The molecule has 38 heavy (non-hydrogen) atoms. The largest absolute Gasteiger partial charge is 0.395 e. The van der Waals surface area contributed by atoms with Crippen LogP contribution in [0.25, 0.3) is 0 Å². The number of carbonyl (C=O) groups excluding carboxylic acids is 1. The van der Waals surface area contributed by atoms with Crippen LogP contribution in [0.4, 0.5) is 23.1 Å². The zero-order valence-electron chi connectivity index (χ0n) is 23.4. The standard InChI is InChI=1S/C29H43N7O2/c1-19-18-31-27(32-21-6-8-22(9-7-21)36-12-10-35(11-13-36)14-15-37)33-25(19)34-29(4)23(26(38)30-5)16-20-17-24(29)28(20,2)3/h6-9,18,20,23-24,37H,10-17H2,1-5H3,(H,30,38)(H2,31,32,33,34)/t20-,23-,24-,29+/m1/s1. The Hall–Kier alpha value is -2.91. The molecule has 9 heteroatoms. The van der Waals surface area contributed by atoms with Gasteiger partial charge < -0.3 is 26.0 Å². The highest BCUT2D eigenvalue weighted by molar-refractivity contribution is 5.81. The molecular formula is C29H43N7O2. The Morgan fingerprint density at radius 1 is 1.11 bits per heavy atom. The number of aliphatic hydroxyl groups excluding tert-OH is 1.